The van der Waals surface area contributed by atoms with E-state index in [1.165, 1.54) is 0 Å². The molecule has 0 aromatic carbocycles. The molecular formula is C8H14N2O2S2. The lowest BCUT2D eigenvalue weighted by Crippen LogP contribution is -2.35. The van der Waals surface area contributed by atoms with E-state index in [9.17, 15) is 8.42 Å². The van der Waals surface area contributed by atoms with Crippen molar-refractivity contribution in [2.24, 2.45) is 4.99 Å². The Kier molecular flexibility index (Phi) is 2.51. The van der Waals surface area contributed by atoms with Crippen molar-refractivity contribution in [2.75, 3.05) is 24.3 Å². The predicted molar refractivity (Wildman–Crippen MR) is 59.6 cm³/mol. The SMILES string of the molecule is CCSC1=N[C@H]2CS(=O)(=O)C[C@H]2N1C. The number of thioether (sulfide) groups is 1. The van der Waals surface area contributed by atoms with Gasteiger partial charge in [-0.05, 0) is 5.75 Å². The van der Waals surface area contributed by atoms with E-state index < -0.39 is 9.84 Å². The molecule has 0 aromatic heterocycles. The van der Waals surface area contributed by atoms with E-state index in [-0.39, 0.29) is 23.6 Å². The first kappa shape index (κ1) is 10.3. The van der Waals surface area contributed by atoms with Crippen LogP contribution < -0.4 is 0 Å². The van der Waals surface area contributed by atoms with Crippen LogP contribution in [0.15, 0.2) is 4.99 Å². The molecule has 0 radical (unpaired) electrons. The zero-order valence-electron chi connectivity index (χ0n) is 8.30. The van der Waals surface area contributed by atoms with Crippen LogP contribution in [0.1, 0.15) is 6.92 Å². The Morgan fingerprint density at radius 1 is 1.57 bits per heavy atom. The van der Waals surface area contributed by atoms with Gasteiger partial charge in [0.05, 0.1) is 23.6 Å². The fraction of sp³-hybridized carbons (Fsp3) is 0.875. The summed E-state index contributed by atoms with van der Waals surface area (Å²) < 4.78 is 22.7. The summed E-state index contributed by atoms with van der Waals surface area (Å²) in [6, 6.07) is 0.0769. The van der Waals surface area contributed by atoms with E-state index in [2.05, 4.69) is 11.9 Å². The van der Waals surface area contributed by atoms with Crippen LogP contribution in [-0.4, -0.2) is 54.9 Å². The van der Waals surface area contributed by atoms with Gasteiger partial charge in [0.1, 0.15) is 0 Å². The van der Waals surface area contributed by atoms with Crippen molar-refractivity contribution in [3.63, 3.8) is 0 Å². The minimum atomic E-state index is -2.83. The van der Waals surface area contributed by atoms with Gasteiger partial charge in [0, 0.05) is 7.05 Å². The first-order valence-corrected chi connectivity index (χ1v) is 7.48. The van der Waals surface area contributed by atoms with Crippen molar-refractivity contribution in [3.8, 4) is 0 Å². The second-order valence-electron chi connectivity index (χ2n) is 3.67. The van der Waals surface area contributed by atoms with Crippen LogP contribution in [0, 0.1) is 0 Å². The lowest BCUT2D eigenvalue weighted by atomic mass is 10.2. The standard InChI is InChI=1S/C8H14N2O2S2/c1-3-13-8-9-6-4-14(11,12)5-7(6)10(8)2/h6-7H,3-5H2,1-2H3/t6-,7+/m0/s1. The Morgan fingerprint density at radius 2 is 2.29 bits per heavy atom. The number of likely N-dealkylation sites (N-methyl/N-ethyl adjacent to an activating group) is 1. The summed E-state index contributed by atoms with van der Waals surface area (Å²) in [7, 11) is -0.897. The minimum Gasteiger partial charge on any atom is -0.348 e. The highest BCUT2D eigenvalue weighted by atomic mass is 32.2. The molecule has 2 aliphatic heterocycles. The van der Waals surface area contributed by atoms with Gasteiger partial charge >= 0.3 is 0 Å². The summed E-state index contributed by atoms with van der Waals surface area (Å²) >= 11 is 1.68. The Bertz CT molecular complexity index is 364. The Morgan fingerprint density at radius 3 is 2.86 bits per heavy atom. The smallest absolute Gasteiger partial charge is 0.159 e. The first-order valence-electron chi connectivity index (χ1n) is 4.67. The normalized spacial score (nSPS) is 34.4. The molecule has 14 heavy (non-hydrogen) atoms. The van der Waals surface area contributed by atoms with E-state index in [4.69, 9.17) is 0 Å². The maximum absolute atomic E-state index is 11.4. The summed E-state index contributed by atoms with van der Waals surface area (Å²) in [5.41, 5.74) is 0. The van der Waals surface area contributed by atoms with Crippen molar-refractivity contribution < 1.29 is 8.42 Å². The second-order valence-corrected chi connectivity index (χ2v) is 7.05. The van der Waals surface area contributed by atoms with Crippen molar-refractivity contribution in [1.29, 1.82) is 0 Å². The van der Waals surface area contributed by atoms with Crippen LogP contribution in [0.3, 0.4) is 0 Å². The molecule has 2 atom stereocenters. The topological polar surface area (TPSA) is 49.7 Å². The molecule has 0 bridgehead atoms. The zero-order valence-corrected chi connectivity index (χ0v) is 9.94. The fourth-order valence-electron chi connectivity index (χ4n) is 1.95. The third-order valence-electron chi connectivity index (χ3n) is 2.64. The average Bonchev–Trinajstić information content (AvgIpc) is 2.50. The van der Waals surface area contributed by atoms with Crippen molar-refractivity contribution in [2.45, 2.75) is 19.0 Å². The number of rotatable bonds is 1. The van der Waals surface area contributed by atoms with Crippen LogP contribution in [0.2, 0.25) is 0 Å². The van der Waals surface area contributed by atoms with E-state index in [0.717, 1.165) is 10.9 Å². The third-order valence-corrected chi connectivity index (χ3v) is 5.28. The molecule has 0 spiro atoms. The van der Waals surface area contributed by atoms with Crippen LogP contribution in [0.5, 0.6) is 0 Å². The molecule has 2 rings (SSSR count). The molecule has 80 valence electrons. The molecule has 2 aliphatic rings. The molecule has 2 heterocycles. The monoisotopic (exact) mass is 234 g/mol. The van der Waals surface area contributed by atoms with Gasteiger partial charge in [0.2, 0.25) is 0 Å². The van der Waals surface area contributed by atoms with Crippen LogP contribution >= 0.6 is 11.8 Å². The van der Waals surface area contributed by atoms with Gasteiger partial charge in [-0.3, -0.25) is 4.99 Å². The maximum atomic E-state index is 11.4. The summed E-state index contributed by atoms with van der Waals surface area (Å²) in [6.45, 7) is 2.08. The van der Waals surface area contributed by atoms with Crippen LogP contribution in [0.4, 0.5) is 0 Å². The molecule has 6 heteroatoms. The molecular weight excluding hydrogens is 220 g/mol. The Balaban J connectivity index is 2.18. The predicted octanol–water partition coefficient (Wildman–Crippen LogP) is 0.206. The summed E-state index contributed by atoms with van der Waals surface area (Å²) in [6.07, 6.45) is 0. The highest BCUT2D eigenvalue weighted by Crippen LogP contribution is 2.29. The molecule has 0 unspecified atom stereocenters. The van der Waals surface area contributed by atoms with Crippen LogP contribution in [0.25, 0.3) is 0 Å². The number of amidine groups is 1. The quantitative estimate of drug-likeness (QED) is 0.650. The number of nitrogens with zero attached hydrogens (tertiary/aromatic N) is 2. The Hall–Kier alpha value is -0.230. The maximum Gasteiger partial charge on any atom is 0.159 e. The molecule has 0 amide bonds. The molecule has 1 saturated heterocycles. The van der Waals surface area contributed by atoms with Gasteiger partial charge in [0.25, 0.3) is 0 Å². The second kappa shape index (κ2) is 3.41. The number of hydrogen-bond donors (Lipinski definition) is 0. The lowest BCUT2D eigenvalue weighted by Gasteiger charge is -2.20. The molecule has 0 aliphatic carbocycles. The first-order chi connectivity index (χ1) is 6.53. The van der Waals surface area contributed by atoms with Crippen LogP contribution in [-0.2, 0) is 9.84 Å². The molecule has 1 fully saturated rings. The van der Waals surface area contributed by atoms with Crippen molar-refractivity contribution in [3.05, 3.63) is 0 Å². The molecule has 0 saturated carbocycles. The number of aliphatic imine (C=N–C) groups is 1. The van der Waals surface area contributed by atoms with E-state index in [0.29, 0.717) is 0 Å². The number of sulfone groups is 1. The number of hydrogen-bond acceptors (Lipinski definition) is 5. The van der Waals surface area contributed by atoms with E-state index in [1.54, 1.807) is 11.8 Å². The summed E-state index contributed by atoms with van der Waals surface area (Å²) in [5.74, 6) is 1.48. The van der Waals surface area contributed by atoms with Gasteiger partial charge in [-0.25, -0.2) is 8.42 Å². The number of fused-ring (bicyclic) bond motifs is 1. The summed E-state index contributed by atoms with van der Waals surface area (Å²) in [5, 5.41) is 0.998. The van der Waals surface area contributed by atoms with Gasteiger partial charge in [0.15, 0.2) is 15.0 Å². The van der Waals surface area contributed by atoms with Crippen molar-refractivity contribution >= 4 is 26.8 Å². The zero-order chi connectivity index (χ0) is 10.3. The van der Waals surface area contributed by atoms with Gasteiger partial charge in [-0.1, -0.05) is 18.7 Å². The molecule has 0 aromatic rings. The molecule has 4 nitrogen and oxygen atoms in total. The van der Waals surface area contributed by atoms with Crippen molar-refractivity contribution in [1.82, 2.24) is 4.90 Å². The molecule has 0 N–H and O–H groups in total. The van der Waals surface area contributed by atoms with E-state index in [1.807, 2.05) is 11.9 Å². The highest BCUT2D eigenvalue weighted by Gasteiger charge is 2.44. The third kappa shape index (κ3) is 1.65. The fourth-order valence-corrected chi connectivity index (χ4v) is 4.67. The summed E-state index contributed by atoms with van der Waals surface area (Å²) in [4.78, 5) is 6.46. The Labute approximate surface area is 88.7 Å². The lowest BCUT2D eigenvalue weighted by molar-refractivity contribution is 0.410. The van der Waals surface area contributed by atoms with Gasteiger partial charge in [-0.15, -0.1) is 0 Å². The van der Waals surface area contributed by atoms with E-state index >= 15 is 0 Å². The highest BCUT2D eigenvalue weighted by molar-refractivity contribution is 8.13. The van der Waals surface area contributed by atoms with Gasteiger partial charge in [-0.2, -0.15) is 0 Å². The average molecular weight is 234 g/mol. The minimum absolute atomic E-state index is 0.0148. The van der Waals surface area contributed by atoms with Gasteiger partial charge < -0.3 is 4.90 Å². The largest absolute Gasteiger partial charge is 0.348 e.